The zero-order valence-electron chi connectivity index (χ0n) is 20.4. The highest BCUT2D eigenvalue weighted by Crippen LogP contribution is 2.20. The van der Waals surface area contributed by atoms with Gasteiger partial charge in [0.25, 0.3) is 5.91 Å². The highest BCUT2D eigenvalue weighted by molar-refractivity contribution is 6.33. The Morgan fingerprint density at radius 3 is 2.77 bits per heavy atom. The zero-order chi connectivity index (χ0) is 24.6. The van der Waals surface area contributed by atoms with Crippen molar-refractivity contribution in [3.63, 3.8) is 0 Å². The molecule has 1 saturated heterocycles. The molecule has 186 valence electrons. The fraction of sp³-hybridized carbons (Fsp3) is 0.429. The third-order valence-electron chi connectivity index (χ3n) is 6.78. The Hall–Kier alpha value is -2.83. The van der Waals surface area contributed by atoms with Crippen LogP contribution >= 0.6 is 11.6 Å². The number of fused-ring (bicyclic) bond motifs is 1. The van der Waals surface area contributed by atoms with Crippen molar-refractivity contribution in [2.45, 2.75) is 45.1 Å². The first kappa shape index (κ1) is 25.3. The van der Waals surface area contributed by atoms with E-state index in [9.17, 15) is 9.59 Å². The Kier molecular flexibility index (Phi) is 8.83. The minimum absolute atomic E-state index is 0.178. The number of aromatic nitrogens is 1. The van der Waals surface area contributed by atoms with E-state index >= 15 is 0 Å². The lowest BCUT2D eigenvalue weighted by Gasteiger charge is -2.30. The average molecular weight is 495 g/mol. The van der Waals surface area contributed by atoms with Gasteiger partial charge < -0.3 is 20.5 Å². The third-order valence-corrected chi connectivity index (χ3v) is 7.11. The molecule has 7 heteroatoms. The van der Waals surface area contributed by atoms with Gasteiger partial charge in [-0.05, 0) is 68.5 Å². The summed E-state index contributed by atoms with van der Waals surface area (Å²) in [7, 11) is 0. The fourth-order valence-electron chi connectivity index (χ4n) is 4.90. The van der Waals surface area contributed by atoms with Crippen LogP contribution in [0.15, 0.2) is 54.7 Å². The summed E-state index contributed by atoms with van der Waals surface area (Å²) in [6.45, 7) is 6.33. The highest BCUT2D eigenvalue weighted by Gasteiger charge is 2.24. The van der Waals surface area contributed by atoms with Gasteiger partial charge in [-0.2, -0.15) is 0 Å². The van der Waals surface area contributed by atoms with Crippen molar-refractivity contribution in [2.24, 2.45) is 5.92 Å². The van der Waals surface area contributed by atoms with E-state index in [1.807, 2.05) is 30.5 Å². The number of nitrogens with zero attached hydrogens (tertiary/aromatic N) is 1. The van der Waals surface area contributed by atoms with Crippen molar-refractivity contribution in [1.29, 1.82) is 0 Å². The van der Waals surface area contributed by atoms with Crippen molar-refractivity contribution in [1.82, 2.24) is 20.5 Å². The predicted octanol–water partition coefficient (Wildman–Crippen LogP) is 4.79. The van der Waals surface area contributed by atoms with Crippen LogP contribution in [0.1, 0.15) is 48.5 Å². The second-order valence-electron chi connectivity index (χ2n) is 9.62. The quantitative estimate of drug-likeness (QED) is 0.354. The van der Waals surface area contributed by atoms with E-state index in [0.717, 1.165) is 41.8 Å². The number of piperidine rings is 1. The largest absolute Gasteiger partial charge is 0.361 e. The van der Waals surface area contributed by atoms with Crippen molar-refractivity contribution < 1.29 is 9.59 Å². The number of nitrogens with one attached hydrogen (secondary N) is 3. The van der Waals surface area contributed by atoms with Crippen molar-refractivity contribution in [2.75, 3.05) is 26.2 Å². The SMILES string of the molecule is CC1CCCN(CCCCNC(=O)C(Cc2c[nH]c3ccccc23)NC(=O)c2ccccc2Cl)C1. The molecule has 2 atom stereocenters. The Balaban J connectivity index is 1.37. The molecule has 2 heterocycles. The molecule has 4 rings (SSSR count). The molecule has 1 aliphatic rings. The molecule has 3 N–H and O–H groups in total. The van der Waals surface area contributed by atoms with E-state index in [2.05, 4.69) is 27.4 Å². The lowest BCUT2D eigenvalue weighted by Crippen LogP contribution is -2.48. The Morgan fingerprint density at radius 2 is 1.94 bits per heavy atom. The molecule has 0 saturated carbocycles. The number of unbranched alkanes of at least 4 members (excludes halogenated alkanes) is 1. The number of carbonyl (C=O) groups excluding carboxylic acids is 2. The van der Waals surface area contributed by atoms with E-state index in [1.54, 1.807) is 24.3 Å². The van der Waals surface area contributed by atoms with Crippen LogP contribution in [0.25, 0.3) is 10.9 Å². The van der Waals surface area contributed by atoms with E-state index in [-0.39, 0.29) is 11.8 Å². The number of halogens is 1. The maximum Gasteiger partial charge on any atom is 0.253 e. The van der Waals surface area contributed by atoms with Gasteiger partial charge in [-0.3, -0.25) is 9.59 Å². The van der Waals surface area contributed by atoms with Gasteiger partial charge in [0.15, 0.2) is 0 Å². The maximum atomic E-state index is 13.2. The number of rotatable bonds is 10. The molecular formula is C28H35ClN4O2. The number of benzene rings is 2. The minimum atomic E-state index is -0.707. The molecule has 2 unspecified atom stereocenters. The van der Waals surface area contributed by atoms with E-state index in [4.69, 9.17) is 11.6 Å². The van der Waals surface area contributed by atoms with Crippen LogP contribution in [-0.2, 0) is 11.2 Å². The van der Waals surface area contributed by atoms with Gasteiger partial charge in [-0.1, -0.05) is 48.9 Å². The number of H-pyrrole nitrogens is 1. The monoisotopic (exact) mass is 494 g/mol. The normalized spacial score (nSPS) is 17.3. The summed E-state index contributed by atoms with van der Waals surface area (Å²) < 4.78 is 0. The first-order chi connectivity index (χ1) is 17.0. The Bertz CT molecular complexity index is 1140. The lowest BCUT2D eigenvalue weighted by atomic mass is 10.0. The van der Waals surface area contributed by atoms with Gasteiger partial charge >= 0.3 is 0 Å². The molecule has 0 spiro atoms. The van der Waals surface area contributed by atoms with Crippen molar-refractivity contribution in [3.8, 4) is 0 Å². The number of hydrogen-bond acceptors (Lipinski definition) is 3. The van der Waals surface area contributed by atoms with E-state index < -0.39 is 6.04 Å². The van der Waals surface area contributed by atoms with Gasteiger partial charge in [0.05, 0.1) is 10.6 Å². The topological polar surface area (TPSA) is 77.2 Å². The van der Waals surface area contributed by atoms with Gasteiger partial charge in [-0.25, -0.2) is 0 Å². The first-order valence-electron chi connectivity index (χ1n) is 12.6. The lowest BCUT2D eigenvalue weighted by molar-refractivity contribution is -0.122. The number of hydrogen-bond donors (Lipinski definition) is 3. The molecule has 1 aromatic heterocycles. The summed E-state index contributed by atoms with van der Waals surface area (Å²) in [5, 5.41) is 7.38. The Labute approximate surface area is 212 Å². The number of carbonyl (C=O) groups is 2. The standard InChI is InChI=1S/C28H35ClN4O2/c1-20-9-8-16-33(19-20)15-7-6-14-30-28(35)26(32-27(34)23-11-2-4-12-24(23)29)17-21-18-31-25-13-5-3-10-22(21)25/h2-5,10-13,18,20,26,31H,6-9,14-17,19H2,1H3,(H,30,35)(H,32,34). The molecule has 6 nitrogen and oxygen atoms in total. The molecule has 1 aliphatic heterocycles. The molecule has 35 heavy (non-hydrogen) atoms. The summed E-state index contributed by atoms with van der Waals surface area (Å²) in [5.41, 5.74) is 2.35. The molecule has 0 aliphatic carbocycles. The molecule has 1 fully saturated rings. The van der Waals surface area contributed by atoms with Crippen LogP contribution in [0.2, 0.25) is 5.02 Å². The van der Waals surface area contributed by atoms with Crippen LogP contribution < -0.4 is 10.6 Å². The second-order valence-corrected chi connectivity index (χ2v) is 10.0. The summed E-state index contributed by atoms with van der Waals surface area (Å²) in [6.07, 6.45) is 6.85. The number of likely N-dealkylation sites (tertiary alicyclic amines) is 1. The van der Waals surface area contributed by atoms with E-state index in [0.29, 0.717) is 23.6 Å². The first-order valence-corrected chi connectivity index (χ1v) is 13.0. The van der Waals surface area contributed by atoms with Crippen LogP contribution in [-0.4, -0.2) is 53.9 Å². The molecule has 2 aromatic carbocycles. The van der Waals surface area contributed by atoms with Crippen LogP contribution in [0, 0.1) is 5.92 Å². The summed E-state index contributed by atoms with van der Waals surface area (Å²) >= 11 is 6.22. The molecule has 3 aromatic rings. The number of aromatic amines is 1. The predicted molar refractivity (Wildman–Crippen MR) is 142 cm³/mol. The van der Waals surface area contributed by atoms with Crippen molar-refractivity contribution in [3.05, 3.63) is 70.9 Å². The number of para-hydroxylation sites is 1. The third kappa shape index (κ3) is 6.86. The smallest absolute Gasteiger partial charge is 0.253 e. The molecule has 0 radical (unpaired) electrons. The Morgan fingerprint density at radius 1 is 1.14 bits per heavy atom. The number of amides is 2. The molecular weight excluding hydrogens is 460 g/mol. The van der Waals surface area contributed by atoms with Gasteiger partial charge in [0, 0.05) is 36.6 Å². The van der Waals surface area contributed by atoms with Crippen LogP contribution in [0.5, 0.6) is 0 Å². The van der Waals surface area contributed by atoms with Crippen LogP contribution in [0.3, 0.4) is 0 Å². The maximum absolute atomic E-state index is 13.2. The van der Waals surface area contributed by atoms with Gasteiger partial charge in [-0.15, -0.1) is 0 Å². The summed E-state index contributed by atoms with van der Waals surface area (Å²) in [6, 6.07) is 14.1. The summed E-state index contributed by atoms with van der Waals surface area (Å²) in [4.78, 5) is 31.9. The van der Waals surface area contributed by atoms with Crippen LogP contribution in [0.4, 0.5) is 0 Å². The van der Waals surface area contributed by atoms with E-state index in [1.165, 1.54) is 25.9 Å². The molecule has 0 bridgehead atoms. The summed E-state index contributed by atoms with van der Waals surface area (Å²) in [5.74, 6) is 0.243. The highest BCUT2D eigenvalue weighted by atomic mass is 35.5. The van der Waals surface area contributed by atoms with Gasteiger partial charge in [0.1, 0.15) is 6.04 Å². The molecule has 2 amide bonds. The average Bonchev–Trinajstić information content (AvgIpc) is 3.26. The zero-order valence-corrected chi connectivity index (χ0v) is 21.1. The fourth-order valence-corrected chi connectivity index (χ4v) is 5.12. The second kappa shape index (κ2) is 12.2. The minimum Gasteiger partial charge on any atom is -0.361 e. The van der Waals surface area contributed by atoms with Gasteiger partial charge in [0.2, 0.25) is 5.91 Å². The van der Waals surface area contributed by atoms with Crippen molar-refractivity contribution >= 4 is 34.3 Å².